The highest BCUT2D eigenvalue weighted by Gasteiger charge is 2.26. The highest BCUT2D eigenvalue weighted by Crippen LogP contribution is 2.25. The number of hydrogen-bond donors (Lipinski definition) is 3. The van der Waals surface area contributed by atoms with Crippen LogP contribution in [0.2, 0.25) is 0 Å². The van der Waals surface area contributed by atoms with Crippen molar-refractivity contribution in [2.24, 2.45) is 0 Å². The van der Waals surface area contributed by atoms with Crippen LogP contribution in [0.25, 0.3) is 0 Å². The van der Waals surface area contributed by atoms with Gasteiger partial charge in [-0.15, -0.1) is 0 Å². The summed E-state index contributed by atoms with van der Waals surface area (Å²) in [7, 11) is 3.50. The van der Waals surface area contributed by atoms with Gasteiger partial charge in [-0.3, -0.25) is 0 Å². The standard InChI is InChI=1S/C13H19N3O3.C6H5F2N.3C2H6/c1-4-19-13-6-12(18-3)10(7-14-13)11-5-9(8-17)15-16(11)2;7-4-2-1-3-5(8)6(4)9;3*1-2/h5-6,8-9,14-15H,4,7H2,1-3H3;1-3H,9H2;3*1-2H3. The van der Waals surface area contributed by atoms with Crippen LogP contribution in [0, 0.1) is 11.6 Å². The summed E-state index contributed by atoms with van der Waals surface area (Å²) in [6.45, 7) is 15.1. The van der Waals surface area contributed by atoms with Crippen molar-refractivity contribution in [3.63, 3.8) is 0 Å². The summed E-state index contributed by atoms with van der Waals surface area (Å²) in [5.41, 5.74) is 9.48. The van der Waals surface area contributed by atoms with Crippen molar-refractivity contribution in [1.29, 1.82) is 0 Å². The minimum absolute atomic E-state index is 0.289. The van der Waals surface area contributed by atoms with Gasteiger partial charge >= 0.3 is 0 Å². The predicted molar refractivity (Wildman–Crippen MR) is 135 cm³/mol. The van der Waals surface area contributed by atoms with Crippen molar-refractivity contribution < 1.29 is 23.0 Å². The van der Waals surface area contributed by atoms with Crippen LogP contribution in [0.15, 0.2) is 53.3 Å². The van der Waals surface area contributed by atoms with E-state index in [4.69, 9.17) is 15.2 Å². The number of nitrogens with two attached hydrogens (primary N) is 1. The Bertz CT molecular complexity index is 791. The quantitative estimate of drug-likeness (QED) is 0.405. The number of dihydropyridines is 1. The molecule has 2 aliphatic heterocycles. The number of carbonyl (C=O) groups excluding carboxylic acids is 1. The Kier molecular flexibility index (Phi) is 18.9. The molecule has 0 fully saturated rings. The molecule has 1 unspecified atom stereocenters. The van der Waals surface area contributed by atoms with Gasteiger partial charge in [-0.1, -0.05) is 47.6 Å². The van der Waals surface area contributed by atoms with E-state index in [0.29, 0.717) is 19.0 Å². The lowest BCUT2D eigenvalue weighted by Crippen LogP contribution is -2.36. The number of nitrogen functional groups attached to an aromatic ring is 1. The minimum Gasteiger partial charge on any atom is -0.496 e. The smallest absolute Gasteiger partial charge is 0.190 e. The normalized spacial score (nSPS) is 15.7. The molecule has 1 aromatic rings. The van der Waals surface area contributed by atoms with Crippen LogP contribution < -0.4 is 16.5 Å². The van der Waals surface area contributed by atoms with Crippen molar-refractivity contribution in [1.82, 2.24) is 15.8 Å². The number of likely N-dealkylation sites (N-methyl/N-ethyl adjacent to an activating group) is 1. The number of nitrogens with one attached hydrogen (secondary N) is 2. The van der Waals surface area contributed by atoms with E-state index in [0.717, 1.165) is 35.4 Å². The third-order valence-corrected chi connectivity index (χ3v) is 4.02. The Hall–Kier alpha value is -3.07. The number of hydrogen-bond acceptors (Lipinski definition) is 7. The second-order valence-electron chi connectivity index (χ2n) is 5.88. The fraction of sp³-hybridized carbons (Fsp3) is 0.480. The molecule has 2 aliphatic rings. The number of carbonyl (C=O) groups is 1. The lowest BCUT2D eigenvalue weighted by molar-refractivity contribution is -0.109. The summed E-state index contributed by atoms with van der Waals surface area (Å²) in [5, 5.41) is 5.01. The van der Waals surface area contributed by atoms with Crippen LogP contribution >= 0.6 is 0 Å². The van der Waals surface area contributed by atoms with Gasteiger partial charge in [0.15, 0.2) is 5.88 Å². The second kappa shape index (κ2) is 19.4. The van der Waals surface area contributed by atoms with Gasteiger partial charge in [0.25, 0.3) is 0 Å². The highest BCUT2D eigenvalue weighted by molar-refractivity contribution is 5.63. The summed E-state index contributed by atoms with van der Waals surface area (Å²) in [6.07, 6.45) is 4.57. The predicted octanol–water partition coefficient (Wildman–Crippen LogP) is 4.90. The molecule has 1 atom stereocenters. The molecule has 4 N–H and O–H groups in total. The fourth-order valence-corrected chi connectivity index (χ4v) is 2.66. The van der Waals surface area contributed by atoms with Gasteiger partial charge in [-0.25, -0.2) is 14.2 Å². The summed E-state index contributed by atoms with van der Waals surface area (Å²) in [6, 6.07) is 3.19. The SMILES string of the molecule is CC.CC.CC.CCOC1=CC(OC)=C(C2=CC(C=O)NN2C)CN1.Nc1c(F)cccc1F. The highest BCUT2D eigenvalue weighted by atomic mass is 19.1. The van der Waals surface area contributed by atoms with Crippen LogP contribution in [0.4, 0.5) is 14.5 Å². The number of aldehydes is 1. The fourth-order valence-electron chi connectivity index (χ4n) is 2.66. The first-order valence-corrected chi connectivity index (χ1v) is 11.6. The van der Waals surface area contributed by atoms with Gasteiger partial charge < -0.3 is 30.3 Å². The van der Waals surface area contributed by atoms with Crippen LogP contribution in [-0.2, 0) is 14.3 Å². The molecule has 9 heteroatoms. The van der Waals surface area contributed by atoms with Crippen molar-refractivity contribution in [3.8, 4) is 0 Å². The zero-order valence-corrected chi connectivity index (χ0v) is 22.0. The number of rotatable bonds is 5. The van der Waals surface area contributed by atoms with E-state index in [1.165, 1.54) is 6.07 Å². The van der Waals surface area contributed by atoms with E-state index in [1.54, 1.807) is 7.11 Å². The number of benzene rings is 1. The molecule has 0 aliphatic carbocycles. The lowest BCUT2D eigenvalue weighted by Gasteiger charge is -2.25. The van der Waals surface area contributed by atoms with E-state index in [1.807, 2.05) is 72.7 Å². The first-order valence-electron chi connectivity index (χ1n) is 11.6. The molecule has 34 heavy (non-hydrogen) atoms. The van der Waals surface area contributed by atoms with E-state index >= 15 is 0 Å². The molecule has 0 saturated heterocycles. The number of anilines is 1. The maximum atomic E-state index is 12.2. The van der Waals surface area contributed by atoms with E-state index in [9.17, 15) is 13.6 Å². The molecular weight excluding hydrogens is 442 g/mol. The maximum absolute atomic E-state index is 12.2. The summed E-state index contributed by atoms with van der Waals surface area (Å²) >= 11 is 0. The molecule has 0 amide bonds. The van der Waals surface area contributed by atoms with E-state index in [2.05, 4.69) is 10.7 Å². The molecule has 0 radical (unpaired) electrons. The number of para-hydroxylation sites is 1. The molecule has 3 rings (SSSR count). The largest absolute Gasteiger partial charge is 0.496 e. The summed E-state index contributed by atoms with van der Waals surface area (Å²) < 4.78 is 35.3. The Morgan fingerprint density at radius 1 is 1.15 bits per heavy atom. The van der Waals surface area contributed by atoms with Crippen LogP contribution in [0.3, 0.4) is 0 Å². The zero-order valence-electron chi connectivity index (χ0n) is 22.0. The van der Waals surface area contributed by atoms with Gasteiger partial charge in [0, 0.05) is 25.2 Å². The third kappa shape index (κ3) is 10.2. The molecule has 0 bridgehead atoms. The third-order valence-electron chi connectivity index (χ3n) is 4.02. The Labute approximate surface area is 203 Å². The number of halogens is 2. The number of hydrazine groups is 1. The molecule has 194 valence electrons. The van der Waals surface area contributed by atoms with Crippen LogP contribution in [0.5, 0.6) is 0 Å². The minimum atomic E-state index is -0.713. The molecule has 0 spiro atoms. The number of allylic oxidation sites excluding steroid dienone is 1. The van der Waals surface area contributed by atoms with Crippen molar-refractivity contribution in [2.75, 3.05) is 33.0 Å². The van der Waals surface area contributed by atoms with Gasteiger partial charge in [-0.2, -0.15) is 0 Å². The maximum Gasteiger partial charge on any atom is 0.190 e. The van der Waals surface area contributed by atoms with Crippen molar-refractivity contribution in [2.45, 2.75) is 54.5 Å². The molecule has 2 heterocycles. The van der Waals surface area contributed by atoms with Crippen molar-refractivity contribution in [3.05, 3.63) is 64.9 Å². The topological polar surface area (TPSA) is 88.9 Å². The van der Waals surface area contributed by atoms with Gasteiger partial charge in [0.2, 0.25) is 0 Å². The average molecular weight is 485 g/mol. The molecule has 0 saturated carbocycles. The molecule has 0 aromatic heterocycles. The second-order valence-corrected chi connectivity index (χ2v) is 5.88. The molecule has 7 nitrogen and oxygen atoms in total. The van der Waals surface area contributed by atoms with Gasteiger partial charge in [0.05, 0.1) is 19.4 Å². The number of ether oxygens (including phenoxy) is 2. The zero-order chi connectivity index (χ0) is 26.7. The molecular formula is C25H42F2N4O3. The van der Waals surface area contributed by atoms with E-state index in [-0.39, 0.29) is 6.04 Å². The monoisotopic (exact) mass is 484 g/mol. The summed E-state index contributed by atoms with van der Waals surface area (Å²) in [5.74, 6) is 0.0166. The Balaban J connectivity index is 0. The Morgan fingerprint density at radius 2 is 1.71 bits per heavy atom. The van der Waals surface area contributed by atoms with Gasteiger partial charge in [0.1, 0.15) is 35.4 Å². The molecule has 1 aromatic carbocycles. The van der Waals surface area contributed by atoms with Crippen LogP contribution in [-0.4, -0.2) is 44.6 Å². The number of methoxy groups -OCH3 is 1. The average Bonchev–Trinajstić information content (AvgIpc) is 3.27. The van der Waals surface area contributed by atoms with Gasteiger partial charge in [-0.05, 0) is 25.1 Å². The first-order chi connectivity index (χ1) is 16.4. The van der Waals surface area contributed by atoms with Crippen molar-refractivity contribution >= 4 is 12.0 Å². The van der Waals surface area contributed by atoms with Crippen LogP contribution in [0.1, 0.15) is 48.5 Å². The van der Waals surface area contributed by atoms with E-state index < -0.39 is 17.3 Å². The number of nitrogens with zero attached hydrogens (tertiary/aromatic N) is 1. The Morgan fingerprint density at radius 3 is 2.12 bits per heavy atom. The lowest BCUT2D eigenvalue weighted by atomic mass is 10.1. The first kappa shape index (κ1) is 33.1. The summed E-state index contributed by atoms with van der Waals surface area (Å²) in [4.78, 5) is 10.8.